The first-order valence-corrected chi connectivity index (χ1v) is 17.0. The third-order valence-electron chi connectivity index (χ3n) is 10.1. The zero-order valence-electron chi connectivity index (χ0n) is 27.9. The monoisotopic (exact) mass is 657 g/mol. The van der Waals surface area contributed by atoms with Gasteiger partial charge in [0, 0.05) is 42.5 Å². The summed E-state index contributed by atoms with van der Waals surface area (Å²) in [4.78, 5) is 46.3. The summed E-state index contributed by atoms with van der Waals surface area (Å²) in [6.45, 7) is 6.62. The molecule has 0 saturated carbocycles. The van der Waals surface area contributed by atoms with Gasteiger partial charge >= 0.3 is 5.97 Å². The largest absolute Gasteiger partial charge is 0.481 e. The van der Waals surface area contributed by atoms with Crippen molar-refractivity contribution in [2.45, 2.75) is 77.3 Å². The molecule has 6 rings (SSSR count). The minimum atomic E-state index is -0.952. The molecule has 1 fully saturated rings. The fourth-order valence-electron chi connectivity index (χ4n) is 7.81. The number of rotatable bonds is 13. The Labute approximate surface area is 281 Å². The number of carbonyl (C=O) groups is 3. The van der Waals surface area contributed by atoms with Gasteiger partial charge in [0.15, 0.2) is 11.5 Å². The van der Waals surface area contributed by atoms with Gasteiger partial charge in [-0.2, -0.15) is 0 Å². The second-order valence-electron chi connectivity index (χ2n) is 13.1. The van der Waals surface area contributed by atoms with Crippen LogP contribution in [0.3, 0.4) is 0 Å². The van der Waals surface area contributed by atoms with Gasteiger partial charge in [-0.25, -0.2) is 4.39 Å². The Kier molecular flexibility index (Phi) is 10.0. The Morgan fingerprint density at radius 3 is 2.50 bits per heavy atom. The molecule has 3 aliphatic heterocycles. The van der Waals surface area contributed by atoms with Crippen LogP contribution in [-0.4, -0.2) is 66.3 Å². The number of hydrogen-bond donors (Lipinski definition) is 1. The number of ether oxygens (including phenoxy) is 2. The van der Waals surface area contributed by atoms with E-state index in [9.17, 15) is 23.9 Å². The molecule has 48 heavy (non-hydrogen) atoms. The number of benzene rings is 3. The minimum absolute atomic E-state index is 0.0135. The van der Waals surface area contributed by atoms with E-state index >= 15 is 0 Å². The molecule has 0 aromatic heterocycles. The van der Waals surface area contributed by atoms with Crippen LogP contribution in [0.5, 0.6) is 11.5 Å². The fraction of sp³-hybridized carbons (Fsp3) is 0.447. The Morgan fingerprint density at radius 2 is 1.77 bits per heavy atom. The molecule has 3 aromatic rings. The van der Waals surface area contributed by atoms with Crippen molar-refractivity contribution in [2.24, 2.45) is 5.92 Å². The van der Waals surface area contributed by atoms with Gasteiger partial charge in [0.1, 0.15) is 5.82 Å². The van der Waals surface area contributed by atoms with Gasteiger partial charge in [0.2, 0.25) is 18.6 Å². The summed E-state index contributed by atoms with van der Waals surface area (Å²) in [6, 6.07) is 17.4. The van der Waals surface area contributed by atoms with Crippen molar-refractivity contribution in [1.29, 1.82) is 0 Å². The van der Waals surface area contributed by atoms with E-state index in [1.807, 2.05) is 41.3 Å². The molecular weight excluding hydrogens is 613 g/mol. The van der Waals surface area contributed by atoms with Gasteiger partial charge in [0.25, 0.3) is 0 Å². The molecule has 1 N–H and O–H groups in total. The molecule has 1 saturated heterocycles. The molecule has 3 atom stereocenters. The van der Waals surface area contributed by atoms with Gasteiger partial charge in [-0.15, -0.1) is 0 Å². The molecule has 0 bridgehead atoms. The van der Waals surface area contributed by atoms with E-state index in [4.69, 9.17) is 9.47 Å². The van der Waals surface area contributed by atoms with Crippen LogP contribution < -0.4 is 19.3 Å². The van der Waals surface area contributed by atoms with E-state index in [0.29, 0.717) is 48.7 Å². The SMILES string of the molecule is CCCC(CCC)N(C(=O)CN1CC(c2ccc3c(c2)OCO3)C(C(=O)O)C1CCN1C(=O)Cc2ccccc21)c1ccc(F)c(C)c1. The van der Waals surface area contributed by atoms with Crippen LogP contribution in [0.2, 0.25) is 0 Å². The van der Waals surface area contributed by atoms with Crippen LogP contribution in [0.4, 0.5) is 15.8 Å². The summed E-state index contributed by atoms with van der Waals surface area (Å²) in [5.41, 5.74) is 3.71. The van der Waals surface area contributed by atoms with E-state index in [0.717, 1.165) is 42.5 Å². The highest BCUT2D eigenvalue weighted by atomic mass is 19.1. The fourth-order valence-corrected chi connectivity index (χ4v) is 7.81. The number of fused-ring (bicyclic) bond motifs is 2. The predicted molar refractivity (Wildman–Crippen MR) is 181 cm³/mol. The van der Waals surface area contributed by atoms with E-state index in [-0.39, 0.29) is 37.0 Å². The van der Waals surface area contributed by atoms with Crippen molar-refractivity contribution in [3.05, 3.63) is 83.2 Å². The number of carboxylic acid groups (broad SMARTS) is 1. The number of hydrogen-bond acceptors (Lipinski definition) is 6. The number of para-hydroxylation sites is 1. The number of likely N-dealkylation sites (tertiary alicyclic amines) is 1. The van der Waals surface area contributed by atoms with Gasteiger partial charge in [0.05, 0.1) is 18.9 Å². The summed E-state index contributed by atoms with van der Waals surface area (Å²) < 4.78 is 25.5. The molecule has 0 radical (unpaired) electrons. The lowest BCUT2D eigenvalue weighted by molar-refractivity contribution is -0.143. The summed E-state index contributed by atoms with van der Waals surface area (Å²) in [5, 5.41) is 10.7. The first kappa shape index (κ1) is 33.5. The van der Waals surface area contributed by atoms with Gasteiger partial charge in [-0.3, -0.25) is 19.3 Å². The summed E-state index contributed by atoms with van der Waals surface area (Å²) >= 11 is 0. The van der Waals surface area contributed by atoms with Crippen LogP contribution in [0.25, 0.3) is 0 Å². The number of aliphatic carboxylic acids is 1. The maximum atomic E-state index is 14.5. The number of anilines is 2. The topological polar surface area (TPSA) is 99.6 Å². The standard InChI is InChI=1S/C38H44FN3O6/c1-4-8-27(9-5-2)42(28-13-14-30(39)24(3)18-28)36(44)22-40-21-29(25-12-15-33-34(19-25)48-23-47-33)37(38(45)46)32(40)16-17-41-31-11-7-6-10-26(31)20-35(41)43/h6-7,10-15,18-19,27,29,32,37H,4-5,8-9,16-17,20-23H2,1-3H3,(H,45,46). The van der Waals surface area contributed by atoms with E-state index in [1.54, 1.807) is 34.9 Å². The molecule has 3 unspecified atom stereocenters. The smallest absolute Gasteiger partial charge is 0.308 e. The predicted octanol–water partition coefficient (Wildman–Crippen LogP) is 6.31. The summed E-state index contributed by atoms with van der Waals surface area (Å²) in [7, 11) is 0. The molecule has 0 spiro atoms. The van der Waals surface area contributed by atoms with Crippen molar-refractivity contribution >= 4 is 29.2 Å². The maximum Gasteiger partial charge on any atom is 0.308 e. The van der Waals surface area contributed by atoms with Crippen molar-refractivity contribution in [3.8, 4) is 11.5 Å². The van der Waals surface area contributed by atoms with E-state index in [1.165, 1.54) is 6.07 Å². The van der Waals surface area contributed by atoms with Crippen LogP contribution >= 0.6 is 0 Å². The molecule has 3 heterocycles. The first-order chi connectivity index (χ1) is 23.2. The molecule has 3 aliphatic rings. The van der Waals surface area contributed by atoms with Crippen molar-refractivity contribution < 1.29 is 33.4 Å². The molecule has 3 aromatic carbocycles. The first-order valence-electron chi connectivity index (χ1n) is 17.0. The molecule has 2 amide bonds. The quantitative estimate of drug-likeness (QED) is 0.230. The Hall–Kier alpha value is -4.44. The van der Waals surface area contributed by atoms with Crippen LogP contribution in [0.1, 0.15) is 68.6 Å². The van der Waals surface area contributed by atoms with Gasteiger partial charge in [-0.05, 0) is 79.3 Å². The molecule has 10 heteroatoms. The molecule has 254 valence electrons. The van der Waals surface area contributed by atoms with Crippen LogP contribution in [0.15, 0.2) is 60.7 Å². The van der Waals surface area contributed by atoms with Crippen molar-refractivity contribution in [3.63, 3.8) is 0 Å². The van der Waals surface area contributed by atoms with Crippen molar-refractivity contribution in [1.82, 2.24) is 4.90 Å². The molecule has 0 aliphatic carbocycles. The Balaban J connectivity index is 1.34. The van der Waals surface area contributed by atoms with E-state index < -0.39 is 23.8 Å². The summed E-state index contributed by atoms with van der Waals surface area (Å²) in [5.74, 6) is -1.54. The van der Waals surface area contributed by atoms with E-state index in [2.05, 4.69) is 13.8 Å². The van der Waals surface area contributed by atoms with Gasteiger partial charge in [-0.1, -0.05) is 51.0 Å². The normalized spacial score (nSPS) is 20.1. The number of carbonyl (C=O) groups excluding carboxylic acids is 2. The molecular formula is C38H44FN3O6. The number of aryl methyl sites for hydroxylation is 1. The third-order valence-corrected chi connectivity index (χ3v) is 10.1. The average Bonchev–Trinajstić information content (AvgIpc) is 3.76. The lowest BCUT2D eigenvalue weighted by Crippen LogP contribution is -2.48. The molecule has 9 nitrogen and oxygen atoms in total. The van der Waals surface area contributed by atoms with Gasteiger partial charge < -0.3 is 24.4 Å². The number of amides is 2. The highest BCUT2D eigenvalue weighted by Gasteiger charge is 2.48. The number of nitrogens with zero attached hydrogens (tertiary/aromatic N) is 3. The highest BCUT2D eigenvalue weighted by Crippen LogP contribution is 2.43. The second kappa shape index (κ2) is 14.4. The van der Waals surface area contributed by atoms with Crippen LogP contribution in [0, 0.1) is 18.7 Å². The zero-order chi connectivity index (χ0) is 33.9. The van der Waals surface area contributed by atoms with Crippen LogP contribution in [-0.2, 0) is 20.8 Å². The minimum Gasteiger partial charge on any atom is -0.481 e. The third kappa shape index (κ3) is 6.63. The zero-order valence-corrected chi connectivity index (χ0v) is 27.9. The lowest BCUT2D eigenvalue weighted by atomic mass is 9.84. The van der Waals surface area contributed by atoms with Crippen molar-refractivity contribution in [2.75, 3.05) is 36.2 Å². The number of halogens is 1. The average molecular weight is 658 g/mol. The highest BCUT2D eigenvalue weighted by molar-refractivity contribution is 6.01. The number of carboxylic acids is 1. The maximum absolute atomic E-state index is 14.5. The lowest BCUT2D eigenvalue weighted by Gasteiger charge is -2.35. The summed E-state index contributed by atoms with van der Waals surface area (Å²) in [6.07, 6.45) is 4.00. The Bertz CT molecular complexity index is 1670. The Morgan fingerprint density at radius 1 is 1.02 bits per heavy atom. The second-order valence-corrected chi connectivity index (χ2v) is 13.1.